The summed E-state index contributed by atoms with van der Waals surface area (Å²) in [5.41, 5.74) is 1.28. The molecule has 4 rings (SSSR count). The number of alkyl halides is 3. The van der Waals surface area contributed by atoms with Gasteiger partial charge < -0.3 is 15.2 Å². The van der Waals surface area contributed by atoms with Crippen LogP contribution in [-0.4, -0.2) is 30.1 Å². The first-order valence-corrected chi connectivity index (χ1v) is 13.2. The average Bonchev–Trinajstić information content (AvgIpc) is 2.92. The first kappa shape index (κ1) is 29.2. The van der Waals surface area contributed by atoms with Crippen LogP contribution < -0.4 is 10.1 Å². The first-order valence-electron chi connectivity index (χ1n) is 12.0. The van der Waals surface area contributed by atoms with Crippen molar-refractivity contribution < 1.29 is 32.6 Å². The van der Waals surface area contributed by atoms with Crippen molar-refractivity contribution >= 4 is 39.4 Å². The number of aliphatic carboxylic acids is 1. The van der Waals surface area contributed by atoms with Crippen LogP contribution in [0.4, 0.5) is 13.2 Å². The van der Waals surface area contributed by atoms with E-state index in [2.05, 4.69) is 21.2 Å². The summed E-state index contributed by atoms with van der Waals surface area (Å²) in [5, 5.41) is 12.5. The highest BCUT2D eigenvalue weighted by molar-refractivity contribution is 9.10. The van der Waals surface area contributed by atoms with Gasteiger partial charge in [0.15, 0.2) is 6.61 Å². The minimum absolute atomic E-state index is 0.00963. The van der Waals surface area contributed by atoms with E-state index in [4.69, 9.17) is 16.3 Å². The standard InChI is InChI=1S/C30H22BrClF3NO4/c31-23-9-7-18(8-10-23)11-12-36-29(39)21-15-25(19-3-1-5-22(13-19)30(33,34)35)28(40-17-27(37)38)26(16-21)20-4-2-6-24(32)14-20/h1-10,13-16H,11-12,17H2,(H,36,39)(H,37,38). The SMILES string of the molecule is O=C(O)COc1c(-c2cccc(Cl)c2)cc(C(=O)NCCc2ccc(Br)cc2)cc1-c1cccc(C(F)(F)F)c1. The van der Waals surface area contributed by atoms with Gasteiger partial charge in [0, 0.05) is 32.7 Å². The molecule has 0 fully saturated rings. The molecule has 0 radical (unpaired) electrons. The van der Waals surface area contributed by atoms with Crippen molar-refractivity contribution in [1.29, 1.82) is 0 Å². The molecule has 2 N–H and O–H groups in total. The van der Waals surface area contributed by atoms with E-state index in [1.807, 2.05) is 24.3 Å². The maximum absolute atomic E-state index is 13.5. The molecule has 0 heterocycles. The summed E-state index contributed by atoms with van der Waals surface area (Å²) in [4.78, 5) is 24.6. The number of ether oxygens (including phenoxy) is 1. The third-order valence-corrected chi connectivity index (χ3v) is 6.70. The molecule has 0 saturated carbocycles. The van der Waals surface area contributed by atoms with Crippen molar-refractivity contribution in [2.24, 2.45) is 0 Å². The van der Waals surface area contributed by atoms with Gasteiger partial charge in [-0.05, 0) is 71.6 Å². The molecule has 206 valence electrons. The monoisotopic (exact) mass is 631 g/mol. The van der Waals surface area contributed by atoms with E-state index in [1.165, 1.54) is 24.3 Å². The van der Waals surface area contributed by atoms with Crippen LogP contribution in [0.2, 0.25) is 5.02 Å². The molecule has 0 bridgehead atoms. The highest BCUT2D eigenvalue weighted by atomic mass is 79.9. The highest BCUT2D eigenvalue weighted by Crippen LogP contribution is 2.42. The van der Waals surface area contributed by atoms with Crippen LogP contribution >= 0.6 is 27.5 Å². The third kappa shape index (κ3) is 7.43. The number of nitrogens with one attached hydrogen (secondary N) is 1. The maximum Gasteiger partial charge on any atom is 0.416 e. The van der Waals surface area contributed by atoms with E-state index in [-0.39, 0.29) is 22.4 Å². The molecule has 0 atom stereocenters. The van der Waals surface area contributed by atoms with Crippen LogP contribution in [0.5, 0.6) is 5.75 Å². The van der Waals surface area contributed by atoms with Crippen molar-refractivity contribution in [2.75, 3.05) is 13.2 Å². The number of benzene rings is 4. The smallest absolute Gasteiger partial charge is 0.416 e. The van der Waals surface area contributed by atoms with E-state index in [0.717, 1.165) is 22.2 Å². The molecule has 4 aromatic carbocycles. The van der Waals surface area contributed by atoms with Gasteiger partial charge in [-0.3, -0.25) is 4.79 Å². The lowest BCUT2D eigenvalue weighted by molar-refractivity contribution is -0.139. The fourth-order valence-electron chi connectivity index (χ4n) is 4.07. The Morgan fingerprint density at radius 1 is 0.900 bits per heavy atom. The van der Waals surface area contributed by atoms with Crippen LogP contribution in [0.25, 0.3) is 22.3 Å². The van der Waals surface area contributed by atoms with Gasteiger partial charge in [-0.2, -0.15) is 13.2 Å². The molecule has 0 spiro atoms. The first-order chi connectivity index (χ1) is 19.0. The van der Waals surface area contributed by atoms with Gasteiger partial charge in [-0.15, -0.1) is 0 Å². The zero-order valence-electron chi connectivity index (χ0n) is 20.8. The summed E-state index contributed by atoms with van der Waals surface area (Å²) < 4.78 is 47.2. The second-order valence-corrected chi connectivity index (χ2v) is 10.2. The summed E-state index contributed by atoms with van der Waals surface area (Å²) in [6, 6.07) is 21.7. The number of rotatable bonds is 9. The van der Waals surface area contributed by atoms with Crippen LogP contribution in [0.15, 0.2) is 89.4 Å². The van der Waals surface area contributed by atoms with E-state index in [0.29, 0.717) is 29.1 Å². The van der Waals surface area contributed by atoms with Crippen molar-refractivity contribution in [2.45, 2.75) is 12.6 Å². The van der Waals surface area contributed by atoms with Gasteiger partial charge in [0.05, 0.1) is 5.56 Å². The van der Waals surface area contributed by atoms with Gasteiger partial charge in [-0.1, -0.05) is 63.9 Å². The molecule has 0 aromatic heterocycles. The van der Waals surface area contributed by atoms with E-state index >= 15 is 0 Å². The lowest BCUT2D eigenvalue weighted by atomic mass is 9.93. The van der Waals surface area contributed by atoms with Gasteiger partial charge in [0.1, 0.15) is 5.75 Å². The number of amides is 1. The van der Waals surface area contributed by atoms with Crippen LogP contribution in [-0.2, 0) is 17.4 Å². The minimum atomic E-state index is -4.62. The van der Waals surface area contributed by atoms with Crippen molar-refractivity contribution in [3.8, 4) is 28.0 Å². The lowest BCUT2D eigenvalue weighted by Crippen LogP contribution is -2.26. The Kier molecular flexibility index (Phi) is 9.17. The molecule has 40 heavy (non-hydrogen) atoms. The molecule has 5 nitrogen and oxygen atoms in total. The Labute approximate surface area is 241 Å². The van der Waals surface area contributed by atoms with Crippen LogP contribution in [0.3, 0.4) is 0 Å². The molecular formula is C30H22BrClF3NO4. The van der Waals surface area contributed by atoms with Crippen LogP contribution in [0, 0.1) is 0 Å². The van der Waals surface area contributed by atoms with Crippen molar-refractivity contribution in [3.05, 3.63) is 111 Å². The maximum atomic E-state index is 13.5. The van der Waals surface area contributed by atoms with Gasteiger partial charge >= 0.3 is 12.1 Å². The predicted octanol–water partition coefficient (Wildman–Crippen LogP) is 7.89. The molecule has 10 heteroatoms. The van der Waals surface area contributed by atoms with E-state index in [9.17, 15) is 27.9 Å². The second kappa shape index (κ2) is 12.6. The largest absolute Gasteiger partial charge is 0.481 e. The Morgan fingerprint density at radius 3 is 2.12 bits per heavy atom. The Balaban J connectivity index is 1.80. The van der Waals surface area contributed by atoms with Crippen molar-refractivity contribution in [1.82, 2.24) is 5.32 Å². The number of hydrogen-bond donors (Lipinski definition) is 2. The average molecular weight is 633 g/mol. The molecule has 0 aliphatic heterocycles. The zero-order chi connectivity index (χ0) is 28.9. The summed E-state index contributed by atoms with van der Waals surface area (Å²) in [6.07, 6.45) is -4.06. The third-order valence-electron chi connectivity index (χ3n) is 5.94. The van der Waals surface area contributed by atoms with Gasteiger partial charge in [-0.25, -0.2) is 4.79 Å². The zero-order valence-corrected chi connectivity index (χ0v) is 23.1. The predicted molar refractivity (Wildman–Crippen MR) is 151 cm³/mol. The summed E-state index contributed by atoms with van der Waals surface area (Å²) >= 11 is 9.58. The van der Waals surface area contributed by atoms with Gasteiger partial charge in [0.2, 0.25) is 0 Å². The molecule has 0 aliphatic rings. The summed E-state index contributed by atoms with van der Waals surface area (Å²) in [5.74, 6) is -1.73. The van der Waals surface area contributed by atoms with Gasteiger partial charge in [0.25, 0.3) is 5.91 Å². The van der Waals surface area contributed by atoms with Crippen molar-refractivity contribution in [3.63, 3.8) is 0 Å². The van der Waals surface area contributed by atoms with E-state index in [1.54, 1.807) is 24.3 Å². The number of carboxylic acids is 1. The van der Waals surface area contributed by atoms with Crippen LogP contribution in [0.1, 0.15) is 21.5 Å². The Hall–Kier alpha value is -3.82. The fraction of sp³-hybridized carbons (Fsp3) is 0.133. The highest BCUT2D eigenvalue weighted by Gasteiger charge is 2.31. The minimum Gasteiger partial charge on any atom is -0.481 e. The fourth-order valence-corrected chi connectivity index (χ4v) is 4.53. The molecule has 4 aromatic rings. The topological polar surface area (TPSA) is 75.6 Å². The second-order valence-electron chi connectivity index (χ2n) is 8.80. The Morgan fingerprint density at radius 2 is 1.52 bits per heavy atom. The molecule has 1 amide bonds. The number of hydrogen-bond acceptors (Lipinski definition) is 3. The number of halogens is 5. The molecule has 0 saturated heterocycles. The molecular weight excluding hydrogens is 611 g/mol. The molecule has 0 unspecified atom stereocenters. The quantitative estimate of drug-likeness (QED) is 0.197. The van der Waals surface area contributed by atoms with E-state index < -0.39 is 30.2 Å². The normalized spacial score (nSPS) is 11.2. The molecule has 0 aliphatic carbocycles. The lowest BCUT2D eigenvalue weighted by Gasteiger charge is -2.19. The summed E-state index contributed by atoms with van der Waals surface area (Å²) in [6.45, 7) is -0.443. The number of carbonyl (C=O) groups is 2. The Bertz CT molecular complexity index is 1540. The number of carbonyl (C=O) groups excluding carboxylic acids is 1. The number of carboxylic acid groups (broad SMARTS) is 1. The summed E-state index contributed by atoms with van der Waals surface area (Å²) in [7, 11) is 0.